The molecule has 2 heterocycles. The highest BCUT2D eigenvalue weighted by Crippen LogP contribution is 2.45. The molecule has 5 heteroatoms. The molecule has 0 spiro atoms. The Morgan fingerprint density at radius 2 is 2.00 bits per heavy atom. The van der Waals surface area contributed by atoms with E-state index in [1.807, 2.05) is 0 Å². The largest absolute Gasteiger partial charge is 0.349 e. The first-order valence-electron chi connectivity index (χ1n) is 9.11. The van der Waals surface area contributed by atoms with E-state index in [1.54, 1.807) is 12.3 Å². The molecule has 1 unspecified atom stereocenters. The van der Waals surface area contributed by atoms with Crippen LogP contribution < -0.4 is 5.32 Å². The molecule has 1 aromatic heterocycles. The molecule has 1 amide bonds. The Morgan fingerprint density at radius 3 is 2.70 bits per heavy atom. The molecule has 0 radical (unpaired) electrons. The van der Waals surface area contributed by atoms with Crippen molar-refractivity contribution in [1.29, 1.82) is 0 Å². The van der Waals surface area contributed by atoms with Gasteiger partial charge < -0.3 is 10.2 Å². The van der Waals surface area contributed by atoms with E-state index in [1.165, 1.54) is 51.3 Å². The summed E-state index contributed by atoms with van der Waals surface area (Å²) in [5.74, 6) is 2.33. The van der Waals surface area contributed by atoms with Crippen LogP contribution in [0.3, 0.4) is 0 Å². The van der Waals surface area contributed by atoms with Crippen LogP contribution in [0.5, 0.6) is 0 Å². The lowest BCUT2D eigenvalue weighted by molar-refractivity contribution is 0.0942. The molecule has 0 aromatic carbocycles. The number of nitrogens with one attached hydrogen (secondary N) is 1. The van der Waals surface area contributed by atoms with Gasteiger partial charge in [-0.15, -0.1) is 0 Å². The zero-order valence-corrected chi connectivity index (χ0v) is 13.7. The van der Waals surface area contributed by atoms with Crippen molar-refractivity contribution in [3.63, 3.8) is 0 Å². The Balaban J connectivity index is 1.16. The van der Waals surface area contributed by atoms with E-state index in [9.17, 15) is 4.79 Å². The fourth-order valence-corrected chi connectivity index (χ4v) is 4.57. The topological polar surface area (TPSA) is 58.1 Å². The molecule has 1 N–H and O–H groups in total. The van der Waals surface area contributed by atoms with Crippen LogP contribution in [0.25, 0.3) is 0 Å². The van der Waals surface area contributed by atoms with Crippen LogP contribution in [-0.2, 0) is 0 Å². The first-order valence-corrected chi connectivity index (χ1v) is 9.11. The maximum absolute atomic E-state index is 12.1. The van der Waals surface area contributed by atoms with E-state index < -0.39 is 0 Å². The van der Waals surface area contributed by atoms with E-state index >= 15 is 0 Å². The molecule has 23 heavy (non-hydrogen) atoms. The minimum atomic E-state index is -0.00733. The van der Waals surface area contributed by atoms with Crippen LogP contribution in [-0.4, -0.2) is 46.7 Å². The van der Waals surface area contributed by atoms with Crippen molar-refractivity contribution in [2.75, 3.05) is 19.6 Å². The first kappa shape index (κ1) is 15.1. The van der Waals surface area contributed by atoms with Gasteiger partial charge in [-0.1, -0.05) is 25.7 Å². The van der Waals surface area contributed by atoms with Crippen molar-refractivity contribution < 1.29 is 4.79 Å². The summed E-state index contributed by atoms with van der Waals surface area (Å²) in [6.45, 7) is 3.57. The van der Waals surface area contributed by atoms with Gasteiger partial charge in [0.1, 0.15) is 0 Å². The Kier molecular flexibility index (Phi) is 4.29. The van der Waals surface area contributed by atoms with Gasteiger partial charge in [0.2, 0.25) is 0 Å². The Bertz CT molecular complexity index is 531. The fraction of sp³-hybridized carbons (Fsp3) is 0.722. The van der Waals surface area contributed by atoms with Crippen molar-refractivity contribution in [3.8, 4) is 0 Å². The first-order chi connectivity index (χ1) is 11.3. The maximum Gasteiger partial charge on any atom is 0.253 e. The van der Waals surface area contributed by atoms with Crippen LogP contribution in [0.1, 0.15) is 48.9 Å². The SMILES string of the molecule is O=C(NC1[C@H]2CN(CCCC3CCCC3)C[C@@H]12)c1ccnnc1. The molecule has 1 aliphatic heterocycles. The lowest BCUT2D eigenvalue weighted by Gasteiger charge is -2.20. The average molecular weight is 314 g/mol. The van der Waals surface area contributed by atoms with E-state index in [2.05, 4.69) is 20.4 Å². The predicted octanol–water partition coefficient (Wildman–Crippen LogP) is 2.11. The van der Waals surface area contributed by atoms with Crippen LogP contribution in [0.4, 0.5) is 0 Å². The van der Waals surface area contributed by atoms with Crippen molar-refractivity contribution in [1.82, 2.24) is 20.4 Å². The van der Waals surface area contributed by atoms with Crippen LogP contribution >= 0.6 is 0 Å². The molecule has 5 nitrogen and oxygen atoms in total. The second-order valence-corrected chi connectivity index (χ2v) is 7.51. The van der Waals surface area contributed by atoms with Crippen LogP contribution in [0.15, 0.2) is 18.5 Å². The van der Waals surface area contributed by atoms with Gasteiger partial charge in [0.05, 0.1) is 18.0 Å². The summed E-state index contributed by atoms with van der Waals surface area (Å²) in [7, 11) is 0. The number of hydrogen-bond donors (Lipinski definition) is 1. The molecular weight excluding hydrogens is 288 g/mol. The Hall–Kier alpha value is -1.49. The average Bonchev–Trinajstić information content (AvgIpc) is 3.01. The standard InChI is InChI=1S/C18H26N4O/c23-18(14-7-8-19-20-10-14)21-17-15-11-22(12-16(15)17)9-3-6-13-4-1-2-5-13/h7-8,10,13,15-17H,1-6,9,11-12H2,(H,21,23)/t15-,16+,17?. The third-order valence-electron chi connectivity index (χ3n) is 5.98. The van der Waals surface area contributed by atoms with Gasteiger partial charge in [-0.25, -0.2) is 0 Å². The summed E-state index contributed by atoms with van der Waals surface area (Å²) in [5.41, 5.74) is 0.610. The number of aromatic nitrogens is 2. The van der Waals surface area contributed by atoms with Gasteiger partial charge >= 0.3 is 0 Å². The number of nitrogens with zero attached hydrogens (tertiary/aromatic N) is 3. The zero-order chi connectivity index (χ0) is 15.6. The minimum absolute atomic E-state index is 0.00733. The van der Waals surface area contributed by atoms with Crippen molar-refractivity contribution in [2.45, 2.75) is 44.6 Å². The van der Waals surface area contributed by atoms with Crippen molar-refractivity contribution >= 4 is 5.91 Å². The van der Waals surface area contributed by atoms with Crippen molar-refractivity contribution in [3.05, 3.63) is 24.0 Å². The molecular formula is C18H26N4O. The second-order valence-electron chi connectivity index (χ2n) is 7.51. The summed E-state index contributed by atoms with van der Waals surface area (Å²) < 4.78 is 0. The van der Waals surface area contributed by atoms with Gasteiger partial charge in [0.25, 0.3) is 5.91 Å². The molecule has 124 valence electrons. The number of rotatable bonds is 6. The van der Waals surface area contributed by atoms with E-state index in [0.717, 1.165) is 19.0 Å². The van der Waals surface area contributed by atoms with Crippen LogP contribution in [0, 0.1) is 17.8 Å². The summed E-state index contributed by atoms with van der Waals surface area (Å²) in [4.78, 5) is 14.7. The number of likely N-dealkylation sites (tertiary alicyclic amines) is 1. The Labute approximate surface area is 137 Å². The maximum atomic E-state index is 12.1. The van der Waals surface area contributed by atoms with E-state index in [-0.39, 0.29) is 5.91 Å². The number of amides is 1. The summed E-state index contributed by atoms with van der Waals surface area (Å²) in [6, 6.07) is 2.09. The van der Waals surface area contributed by atoms with Gasteiger partial charge in [-0.05, 0) is 43.2 Å². The van der Waals surface area contributed by atoms with Gasteiger partial charge in [0, 0.05) is 19.1 Å². The second kappa shape index (κ2) is 6.56. The van der Waals surface area contributed by atoms with E-state index in [4.69, 9.17) is 0 Å². The third-order valence-corrected chi connectivity index (χ3v) is 5.98. The number of carbonyl (C=O) groups excluding carboxylic acids is 1. The number of hydrogen-bond acceptors (Lipinski definition) is 4. The van der Waals surface area contributed by atoms with Gasteiger partial charge in [0.15, 0.2) is 0 Å². The number of piperidine rings is 1. The molecule has 2 saturated carbocycles. The van der Waals surface area contributed by atoms with E-state index in [0.29, 0.717) is 23.4 Å². The van der Waals surface area contributed by atoms with Crippen molar-refractivity contribution in [2.24, 2.45) is 17.8 Å². The monoisotopic (exact) mass is 314 g/mol. The normalized spacial score (nSPS) is 30.3. The lowest BCUT2D eigenvalue weighted by Crippen LogP contribution is -2.35. The zero-order valence-electron chi connectivity index (χ0n) is 13.7. The summed E-state index contributed by atoms with van der Waals surface area (Å²) in [6.07, 6.45) is 11.7. The minimum Gasteiger partial charge on any atom is -0.349 e. The predicted molar refractivity (Wildman–Crippen MR) is 87.9 cm³/mol. The molecule has 3 fully saturated rings. The number of carbonyl (C=O) groups is 1. The summed E-state index contributed by atoms with van der Waals surface area (Å²) in [5, 5.41) is 10.6. The van der Waals surface area contributed by atoms with Crippen LogP contribution in [0.2, 0.25) is 0 Å². The highest BCUT2D eigenvalue weighted by atomic mass is 16.1. The molecule has 3 atom stereocenters. The third kappa shape index (κ3) is 3.39. The Morgan fingerprint density at radius 1 is 1.22 bits per heavy atom. The smallest absolute Gasteiger partial charge is 0.253 e. The lowest BCUT2D eigenvalue weighted by atomic mass is 10.0. The molecule has 1 saturated heterocycles. The van der Waals surface area contributed by atoms with Gasteiger partial charge in [-0.2, -0.15) is 10.2 Å². The molecule has 2 aliphatic carbocycles. The highest BCUT2D eigenvalue weighted by molar-refractivity contribution is 5.94. The highest BCUT2D eigenvalue weighted by Gasteiger charge is 2.56. The molecule has 1 aromatic rings. The molecule has 0 bridgehead atoms. The molecule has 3 aliphatic rings. The molecule has 4 rings (SSSR count). The fourth-order valence-electron chi connectivity index (χ4n) is 4.57. The summed E-state index contributed by atoms with van der Waals surface area (Å²) >= 11 is 0. The number of fused-ring (bicyclic) bond motifs is 1. The van der Waals surface area contributed by atoms with Gasteiger partial charge in [-0.3, -0.25) is 4.79 Å². The quantitative estimate of drug-likeness (QED) is 0.874.